The van der Waals surface area contributed by atoms with E-state index < -0.39 is 0 Å². The van der Waals surface area contributed by atoms with E-state index in [0.717, 1.165) is 5.39 Å². The van der Waals surface area contributed by atoms with Crippen LogP contribution in [0.4, 0.5) is 0 Å². The lowest BCUT2D eigenvalue weighted by molar-refractivity contribution is -0.124. The van der Waals surface area contributed by atoms with Crippen molar-refractivity contribution in [3.8, 4) is 0 Å². The Morgan fingerprint density at radius 3 is 2.76 bits per heavy atom. The number of H-pyrrole nitrogens is 1. The van der Waals surface area contributed by atoms with Crippen molar-refractivity contribution < 1.29 is 9.59 Å². The summed E-state index contributed by atoms with van der Waals surface area (Å²) in [5.41, 5.74) is 8.37. The van der Waals surface area contributed by atoms with E-state index in [2.05, 4.69) is 9.97 Å². The number of fused-ring (bicyclic) bond motifs is 1. The Hall–Kier alpha value is -3.41. The molecule has 0 atom stereocenters. The van der Waals surface area contributed by atoms with E-state index in [0.29, 0.717) is 22.3 Å². The number of benzene rings is 1. The summed E-state index contributed by atoms with van der Waals surface area (Å²) in [5.74, 6) is -0.397. The molecule has 0 aliphatic rings. The fourth-order valence-corrected chi connectivity index (χ4v) is 2.57. The molecule has 6 heteroatoms. The highest BCUT2D eigenvalue weighted by molar-refractivity contribution is 6.16. The average molecular weight is 334 g/mol. The monoisotopic (exact) mass is 334 g/mol. The molecule has 1 amide bonds. The zero-order chi connectivity index (χ0) is 18.0. The van der Waals surface area contributed by atoms with Crippen LogP contribution in [0.5, 0.6) is 0 Å². The van der Waals surface area contributed by atoms with Gasteiger partial charge < -0.3 is 15.6 Å². The predicted molar refractivity (Wildman–Crippen MR) is 96.8 cm³/mol. The summed E-state index contributed by atoms with van der Waals surface area (Å²) in [6.07, 6.45) is 4.89. The summed E-state index contributed by atoms with van der Waals surface area (Å²) in [5, 5.41) is 0.774. The van der Waals surface area contributed by atoms with Crippen molar-refractivity contribution in [2.75, 3.05) is 14.1 Å². The number of amides is 1. The molecule has 6 nitrogen and oxygen atoms in total. The number of ketones is 1. The van der Waals surface area contributed by atoms with Crippen molar-refractivity contribution in [2.24, 2.45) is 5.73 Å². The average Bonchev–Trinajstić information content (AvgIpc) is 3.04. The van der Waals surface area contributed by atoms with Gasteiger partial charge in [-0.15, -0.1) is 0 Å². The third-order valence-corrected chi connectivity index (χ3v) is 3.82. The summed E-state index contributed by atoms with van der Waals surface area (Å²) < 4.78 is 0. The Bertz CT molecular complexity index is 986. The lowest BCUT2D eigenvalue weighted by atomic mass is 10.0. The molecular formula is C19H18N4O2. The first-order chi connectivity index (χ1) is 12.0. The number of rotatable bonds is 4. The third-order valence-electron chi connectivity index (χ3n) is 3.82. The number of nitrogens with one attached hydrogen (secondary N) is 1. The Kier molecular flexibility index (Phi) is 4.35. The van der Waals surface area contributed by atoms with Crippen LogP contribution in [0.15, 0.2) is 54.5 Å². The first-order valence-electron chi connectivity index (χ1n) is 7.73. The summed E-state index contributed by atoms with van der Waals surface area (Å²) in [6.45, 7) is 0. The van der Waals surface area contributed by atoms with Crippen molar-refractivity contribution >= 4 is 28.8 Å². The number of aromatic nitrogens is 2. The molecule has 3 N–H and O–H groups in total. The van der Waals surface area contributed by atoms with Gasteiger partial charge in [-0.1, -0.05) is 18.2 Å². The Labute approximate surface area is 145 Å². The maximum absolute atomic E-state index is 12.8. The van der Waals surface area contributed by atoms with E-state index in [-0.39, 0.29) is 17.4 Å². The van der Waals surface area contributed by atoms with Gasteiger partial charge in [0, 0.05) is 43.0 Å². The number of nitrogens with zero attached hydrogens (tertiary/aromatic N) is 2. The third kappa shape index (κ3) is 3.28. The molecule has 0 spiro atoms. The van der Waals surface area contributed by atoms with Gasteiger partial charge in [0.2, 0.25) is 0 Å². The highest BCUT2D eigenvalue weighted by Crippen LogP contribution is 2.20. The number of carbonyl (C=O) groups excluding carboxylic acids is 2. The van der Waals surface area contributed by atoms with Crippen molar-refractivity contribution in [3.05, 3.63) is 71.2 Å². The Morgan fingerprint density at radius 2 is 2.00 bits per heavy atom. The van der Waals surface area contributed by atoms with Gasteiger partial charge in [0.1, 0.15) is 5.65 Å². The van der Waals surface area contributed by atoms with E-state index >= 15 is 0 Å². The SMILES string of the molecule is CN(C)C(=O)/C(N)=C/c1cccc(C(=O)c2c[nH]c3ncccc23)c1. The van der Waals surface area contributed by atoms with Gasteiger partial charge in [-0.2, -0.15) is 0 Å². The molecule has 3 aromatic rings. The molecule has 2 heterocycles. The van der Waals surface area contributed by atoms with Crippen LogP contribution in [-0.4, -0.2) is 40.7 Å². The van der Waals surface area contributed by atoms with Crippen LogP contribution in [-0.2, 0) is 4.79 Å². The van der Waals surface area contributed by atoms with Crippen LogP contribution in [0.3, 0.4) is 0 Å². The maximum Gasteiger partial charge on any atom is 0.269 e. The number of carbonyl (C=O) groups is 2. The minimum absolute atomic E-state index is 0.117. The summed E-state index contributed by atoms with van der Waals surface area (Å²) in [6, 6.07) is 10.7. The Balaban J connectivity index is 1.95. The minimum atomic E-state index is -0.278. The Morgan fingerprint density at radius 1 is 1.20 bits per heavy atom. The molecule has 0 bridgehead atoms. The van der Waals surface area contributed by atoms with Crippen LogP contribution >= 0.6 is 0 Å². The van der Waals surface area contributed by atoms with Crippen LogP contribution in [0.2, 0.25) is 0 Å². The predicted octanol–water partition coefficient (Wildman–Crippen LogP) is 2.18. The summed E-state index contributed by atoms with van der Waals surface area (Å²) >= 11 is 0. The molecule has 0 aliphatic carbocycles. The van der Waals surface area contributed by atoms with E-state index in [1.165, 1.54) is 4.90 Å². The normalized spacial score (nSPS) is 11.5. The quantitative estimate of drug-likeness (QED) is 0.565. The highest BCUT2D eigenvalue weighted by Gasteiger charge is 2.15. The summed E-state index contributed by atoms with van der Waals surface area (Å²) in [4.78, 5) is 33.3. The van der Waals surface area contributed by atoms with Crippen LogP contribution in [0.25, 0.3) is 17.1 Å². The van der Waals surface area contributed by atoms with Crippen molar-refractivity contribution in [1.82, 2.24) is 14.9 Å². The number of aromatic amines is 1. The standard InChI is InChI=1S/C19H18N4O2/c1-23(2)19(25)16(20)10-12-5-3-6-13(9-12)17(24)15-11-22-18-14(15)7-4-8-21-18/h3-11H,20H2,1-2H3,(H,21,22)/b16-10-. The molecule has 126 valence electrons. The second kappa shape index (κ2) is 6.60. The molecule has 0 saturated heterocycles. The van der Waals surface area contributed by atoms with Crippen molar-refractivity contribution in [2.45, 2.75) is 0 Å². The van der Waals surface area contributed by atoms with Crippen LogP contribution < -0.4 is 5.73 Å². The molecular weight excluding hydrogens is 316 g/mol. The van der Waals surface area contributed by atoms with E-state index in [1.807, 2.05) is 6.07 Å². The molecule has 1 aromatic carbocycles. The number of pyridine rings is 1. The highest BCUT2D eigenvalue weighted by atomic mass is 16.2. The largest absolute Gasteiger partial charge is 0.394 e. The fourth-order valence-electron chi connectivity index (χ4n) is 2.57. The van der Waals surface area contributed by atoms with E-state index in [1.54, 1.807) is 62.9 Å². The number of likely N-dealkylation sites (N-methyl/N-ethyl adjacent to an activating group) is 1. The van der Waals surface area contributed by atoms with Gasteiger partial charge in [0.15, 0.2) is 5.78 Å². The van der Waals surface area contributed by atoms with Gasteiger partial charge in [-0.3, -0.25) is 9.59 Å². The van der Waals surface area contributed by atoms with Crippen LogP contribution in [0, 0.1) is 0 Å². The second-order valence-corrected chi connectivity index (χ2v) is 5.86. The fraction of sp³-hybridized carbons (Fsp3) is 0.105. The van der Waals surface area contributed by atoms with Gasteiger partial charge in [-0.05, 0) is 29.8 Å². The molecule has 0 unspecified atom stereocenters. The van der Waals surface area contributed by atoms with Gasteiger partial charge in [0.25, 0.3) is 5.91 Å². The second-order valence-electron chi connectivity index (χ2n) is 5.86. The van der Waals surface area contributed by atoms with E-state index in [9.17, 15) is 9.59 Å². The molecule has 2 aromatic heterocycles. The number of nitrogens with two attached hydrogens (primary N) is 1. The minimum Gasteiger partial charge on any atom is -0.394 e. The summed E-state index contributed by atoms with van der Waals surface area (Å²) in [7, 11) is 3.27. The van der Waals surface area contributed by atoms with Crippen molar-refractivity contribution in [1.29, 1.82) is 0 Å². The zero-order valence-electron chi connectivity index (χ0n) is 14.0. The topological polar surface area (TPSA) is 92.1 Å². The maximum atomic E-state index is 12.8. The molecule has 3 rings (SSSR count). The van der Waals surface area contributed by atoms with Gasteiger partial charge >= 0.3 is 0 Å². The molecule has 0 radical (unpaired) electrons. The lowest BCUT2D eigenvalue weighted by Crippen LogP contribution is -2.27. The van der Waals surface area contributed by atoms with Crippen molar-refractivity contribution in [3.63, 3.8) is 0 Å². The van der Waals surface area contributed by atoms with Gasteiger partial charge in [-0.25, -0.2) is 4.98 Å². The molecule has 0 saturated carbocycles. The zero-order valence-corrected chi connectivity index (χ0v) is 14.0. The molecule has 0 fully saturated rings. The lowest BCUT2D eigenvalue weighted by Gasteiger charge is -2.10. The smallest absolute Gasteiger partial charge is 0.269 e. The number of hydrogen-bond donors (Lipinski definition) is 2. The van der Waals surface area contributed by atoms with E-state index in [4.69, 9.17) is 5.73 Å². The first kappa shape index (κ1) is 16.4. The number of hydrogen-bond acceptors (Lipinski definition) is 4. The van der Waals surface area contributed by atoms with Crippen LogP contribution in [0.1, 0.15) is 21.5 Å². The molecule has 25 heavy (non-hydrogen) atoms. The molecule has 0 aliphatic heterocycles. The first-order valence-corrected chi connectivity index (χ1v) is 7.73. The van der Waals surface area contributed by atoms with Gasteiger partial charge in [0.05, 0.1) is 5.70 Å².